The van der Waals surface area contributed by atoms with E-state index in [0.717, 1.165) is 22.5 Å². The zero-order chi connectivity index (χ0) is 24.5. The first-order valence-electron chi connectivity index (χ1n) is 11.0. The van der Waals surface area contributed by atoms with E-state index in [9.17, 15) is 4.79 Å². The Kier molecular flexibility index (Phi) is 7.75. The van der Waals surface area contributed by atoms with E-state index in [0.29, 0.717) is 36.1 Å². The van der Waals surface area contributed by atoms with Crippen molar-refractivity contribution in [1.82, 2.24) is 15.0 Å². The van der Waals surface area contributed by atoms with Gasteiger partial charge in [-0.3, -0.25) is 4.79 Å². The Balaban J connectivity index is 1.37. The topological polar surface area (TPSA) is 98.4 Å². The van der Waals surface area contributed by atoms with Crippen molar-refractivity contribution >= 4 is 17.7 Å². The number of ether oxygens (including phenoxy) is 3. The normalized spacial score (nSPS) is 10.8. The SMILES string of the molecule is COc1ccc(CCOc2cccc(-c3cccc(NC(=O)/C=C/c4cnc[nH]4)c3)n2)cc1OC. The van der Waals surface area contributed by atoms with Crippen LogP contribution in [0.1, 0.15) is 11.3 Å². The second-order valence-corrected chi connectivity index (χ2v) is 7.56. The number of aromatic nitrogens is 3. The standard InChI is InChI=1S/C27H26N4O4/c1-33-24-11-9-19(15-25(24)34-2)13-14-35-27-8-4-7-23(31-27)20-5-3-6-21(16-20)30-26(32)12-10-22-17-28-18-29-22/h3-12,15-18H,13-14H2,1-2H3,(H,28,29)(H,30,32)/b12-10+. The summed E-state index contributed by atoms with van der Waals surface area (Å²) in [7, 11) is 3.23. The minimum atomic E-state index is -0.239. The molecule has 0 fully saturated rings. The third-order valence-corrected chi connectivity index (χ3v) is 5.17. The maximum Gasteiger partial charge on any atom is 0.248 e. The van der Waals surface area contributed by atoms with Crippen LogP contribution in [0.2, 0.25) is 0 Å². The second kappa shape index (κ2) is 11.5. The fraction of sp³-hybridized carbons (Fsp3) is 0.148. The van der Waals surface area contributed by atoms with Gasteiger partial charge in [0, 0.05) is 29.8 Å². The van der Waals surface area contributed by atoms with E-state index in [1.165, 1.54) is 6.08 Å². The zero-order valence-electron chi connectivity index (χ0n) is 19.5. The van der Waals surface area contributed by atoms with Crippen LogP contribution >= 0.6 is 0 Å². The van der Waals surface area contributed by atoms with Gasteiger partial charge in [-0.25, -0.2) is 9.97 Å². The first-order valence-corrected chi connectivity index (χ1v) is 11.0. The number of carbonyl (C=O) groups is 1. The molecular formula is C27H26N4O4. The molecule has 0 bridgehead atoms. The molecule has 0 aliphatic carbocycles. The molecule has 0 spiro atoms. The summed E-state index contributed by atoms with van der Waals surface area (Å²) in [5, 5.41) is 2.86. The van der Waals surface area contributed by atoms with E-state index in [4.69, 9.17) is 14.2 Å². The van der Waals surface area contributed by atoms with E-state index in [1.54, 1.807) is 32.8 Å². The largest absolute Gasteiger partial charge is 0.493 e. The molecule has 0 atom stereocenters. The van der Waals surface area contributed by atoms with Crippen LogP contribution in [0.3, 0.4) is 0 Å². The number of benzene rings is 2. The Bertz CT molecular complexity index is 1300. The van der Waals surface area contributed by atoms with E-state index < -0.39 is 0 Å². The molecule has 1 amide bonds. The molecule has 0 saturated heterocycles. The van der Waals surface area contributed by atoms with Crippen LogP contribution in [0.4, 0.5) is 5.69 Å². The molecule has 0 aliphatic heterocycles. The molecule has 0 unspecified atom stereocenters. The summed E-state index contributed by atoms with van der Waals surface area (Å²) in [6, 6.07) is 18.9. The highest BCUT2D eigenvalue weighted by molar-refractivity contribution is 6.02. The van der Waals surface area contributed by atoms with Crippen LogP contribution in [0.25, 0.3) is 17.3 Å². The Hall–Kier alpha value is -4.59. The molecule has 0 radical (unpaired) electrons. The number of hydrogen-bond acceptors (Lipinski definition) is 6. The molecular weight excluding hydrogens is 444 g/mol. The number of methoxy groups -OCH3 is 2. The van der Waals surface area contributed by atoms with Gasteiger partial charge in [0.05, 0.1) is 44.7 Å². The maximum absolute atomic E-state index is 12.2. The molecule has 2 N–H and O–H groups in total. The van der Waals surface area contributed by atoms with Gasteiger partial charge in [-0.2, -0.15) is 0 Å². The van der Waals surface area contributed by atoms with Crippen LogP contribution in [-0.2, 0) is 11.2 Å². The van der Waals surface area contributed by atoms with Crippen molar-refractivity contribution in [1.29, 1.82) is 0 Å². The van der Waals surface area contributed by atoms with Gasteiger partial charge >= 0.3 is 0 Å². The van der Waals surface area contributed by atoms with E-state index in [-0.39, 0.29) is 5.91 Å². The molecule has 2 heterocycles. The smallest absolute Gasteiger partial charge is 0.248 e. The van der Waals surface area contributed by atoms with Crippen molar-refractivity contribution in [3.05, 3.63) is 90.5 Å². The van der Waals surface area contributed by atoms with Gasteiger partial charge in [-0.05, 0) is 42.0 Å². The third-order valence-electron chi connectivity index (χ3n) is 5.17. The number of aromatic amines is 1. The van der Waals surface area contributed by atoms with E-state index in [2.05, 4.69) is 20.3 Å². The van der Waals surface area contributed by atoms with Crippen LogP contribution in [0, 0.1) is 0 Å². The average molecular weight is 471 g/mol. The van der Waals surface area contributed by atoms with Crippen molar-refractivity contribution in [2.75, 3.05) is 26.1 Å². The number of H-pyrrole nitrogens is 1. The molecule has 4 rings (SSSR count). The molecule has 4 aromatic rings. The first-order chi connectivity index (χ1) is 17.1. The minimum Gasteiger partial charge on any atom is -0.493 e. The van der Waals surface area contributed by atoms with Crippen molar-refractivity contribution in [2.45, 2.75) is 6.42 Å². The predicted octanol–water partition coefficient (Wildman–Crippen LogP) is 4.76. The quantitative estimate of drug-likeness (QED) is 0.324. The first kappa shape index (κ1) is 23.6. The van der Waals surface area contributed by atoms with Crippen molar-refractivity contribution in [3.63, 3.8) is 0 Å². The van der Waals surface area contributed by atoms with Gasteiger partial charge in [0.25, 0.3) is 0 Å². The summed E-state index contributed by atoms with van der Waals surface area (Å²) in [5.41, 5.74) is 4.11. The molecule has 8 heteroatoms. The third kappa shape index (κ3) is 6.48. The second-order valence-electron chi connectivity index (χ2n) is 7.56. The van der Waals surface area contributed by atoms with Gasteiger partial charge in [0.15, 0.2) is 11.5 Å². The summed E-state index contributed by atoms with van der Waals surface area (Å²) in [5.74, 6) is 1.67. The Morgan fingerprint density at radius 3 is 2.69 bits per heavy atom. The lowest BCUT2D eigenvalue weighted by Gasteiger charge is -2.11. The lowest BCUT2D eigenvalue weighted by Crippen LogP contribution is -2.07. The molecule has 0 saturated carbocycles. The fourth-order valence-electron chi connectivity index (χ4n) is 3.43. The number of imidazole rings is 1. The average Bonchev–Trinajstić information content (AvgIpc) is 3.41. The lowest BCUT2D eigenvalue weighted by molar-refractivity contribution is -0.111. The predicted molar refractivity (Wildman–Crippen MR) is 135 cm³/mol. The summed E-state index contributed by atoms with van der Waals surface area (Å²) in [6.45, 7) is 0.463. The van der Waals surface area contributed by atoms with Crippen molar-refractivity contribution in [3.8, 4) is 28.6 Å². The summed E-state index contributed by atoms with van der Waals surface area (Å²) >= 11 is 0. The Morgan fingerprint density at radius 1 is 1.03 bits per heavy atom. The van der Waals surface area contributed by atoms with Crippen molar-refractivity contribution in [2.24, 2.45) is 0 Å². The monoisotopic (exact) mass is 470 g/mol. The highest BCUT2D eigenvalue weighted by atomic mass is 16.5. The number of amides is 1. The minimum absolute atomic E-state index is 0.239. The van der Waals surface area contributed by atoms with E-state index >= 15 is 0 Å². The number of anilines is 1. The number of nitrogens with zero attached hydrogens (tertiary/aromatic N) is 2. The van der Waals surface area contributed by atoms with E-state index in [1.807, 2.05) is 60.7 Å². The molecule has 2 aromatic carbocycles. The summed E-state index contributed by atoms with van der Waals surface area (Å²) in [4.78, 5) is 23.7. The number of nitrogens with one attached hydrogen (secondary N) is 2. The van der Waals surface area contributed by atoms with Gasteiger partial charge in [0.2, 0.25) is 11.8 Å². The fourth-order valence-corrected chi connectivity index (χ4v) is 3.43. The molecule has 35 heavy (non-hydrogen) atoms. The van der Waals surface area contributed by atoms with Crippen LogP contribution < -0.4 is 19.5 Å². The zero-order valence-corrected chi connectivity index (χ0v) is 19.5. The highest BCUT2D eigenvalue weighted by Gasteiger charge is 2.07. The number of hydrogen-bond donors (Lipinski definition) is 2. The summed E-state index contributed by atoms with van der Waals surface area (Å²) < 4.78 is 16.5. The molecule has 8 nitrogen and oxygen atoms in total. The molecule has 0 aliphatic rings. The Morgan fingerprint density at radius 2 is 1.89 bits per heavy atom. The van der Waals surface area contributed by atoms with Gasteiger partial charge in [-0.1, -0.05) is 24.3 Å². The van der Waals surface area contributed by atoms with Crippen LogP contribution in [0.15, 0.2) is 79.3 Å². The Labute approximate surface area is 203 Å². The molecule has 178 valence electrons. The van der Waals surface area contributed by atoms with Crippen molar-refractivity contribution < 1.29 is 19.0 Å². The van der Waals surface area contributed by atoms with Crippen LogP contribution in [-0.4, -0.2) is 41.7 Å². The highest BCUT2D eigenvalue weighted by Crippen LogP contribution is 2.28. The number of rotatable bonds is 10. The summed E-state index contributed by atoms with van der Waals surface area (Å²) in [6.07, 6.45) is 7.00. The van der Waals surface area contributed by atoms with Gasteiger partial charge in [-0.15, -0.1) is 0 Å². The van der Waals surface area contributed by atoms with Gasteiger partial charge in [0.1, 0.15) is 0 Å². The molecule has 2 aromatic heterocycles. The lowest BCUT2D eigenvalue weighted by atomic mass is 10.1. The van der Waals surface area contributed by atoms with Crippen LogP contribution in [0.5, 0.6) is 17.4 Å². The number of pyridine rings is 1. The maximum atomic E-state index is 12.2. The number of carbonyl (C=O) groups excluding carboxylic acids is 1. The van der Waals surface area contributed by atoms with Gasteiger partial charge < -0.3 is 24.5 Å².